The molecule has 0 bridgehead atoms. The third-order valence-electron chi connectivity index (χ3n) is 3.70. The second kappa shape index (κ2) is 13.0. The highest BCUT2D eigenvalue weighted by molar-refractivity contribution is 8.06. The molecule has 0 saturated carbocycles. The lowest BCUT2D eigenvalue weighted by molar-refractivity contribution is -0.0487. The summed E-state index contributed by atoms with van der Waals surface area (Å²) in [5, 5.41) is 0. The highest BCUT2D eigenvalue weighted by Gasteiger charge is 2.56. The Kier molecular flexibility index (Phi) is 13.1. The van der Waals surface area contributed by atoms with Gasteiger partial charge in [0, 0.05) is 26.0 Å². The largest absolute Gasteiger partial charge is 0.512 e. The molecule has 0 aromatic heterocycles. The van der Waals surface area contributed by atoms with E-state index in [0.717, 1.165) is 0 Å². The summed E-state index contributed by atoms with van der Waals surface area (Å²) in [5.41, 5.74) is -24.6. The summed E-state index contributed by atoms with van der Waals surface area (Å²) in [4.78, 5) is 4.57. The molecule has 0 aromatic rings. The topological polar surface area (TPSA) is 167 Å². The Hall–Kier alpha value is -1.78. The van der Waals surface area contributed by atoms with Gasteiger partial charge in [-0.25, -0.2) is 33.7 Å². The van der Waals surface area contributed by atoms with Crippen LogP contribution in [0.15, 0.2) is 12.4 Å². The van der Waals surface area contributed by atoms with E-state index < -0.39 is 70.4 Å². The third kappa shape index (κ3) is 11.6. The van der Waals surface area contributed by atoms with Crippen molar-refractivity contribution in [3.63, 3.8) is 0 Å². The van der Waals surface area contributed by atoms with Gasteiger partial charge in [-0.05, 0) is 13.3 Å². The molecule has 0 amide bonds. The van der Waals surface area contributed by atoms with Crippen LogP contribution in [0.3, 0.4) is 0 Å². The van der Waals surface area contributed by atoms with Crippen molar-refractivity contribution in [3.8, 4) is 0 Å². The zero-order valence-corrected chi connectivity index (χ0v) is 22.7. The van der Waals surface area contributed by atoms with Crippen LogP contribution in [0.4, 0.5) is 52.7 Å². The predicted octanol–water partition coefficient (Wildman–Crippen LogP) is 2.01. The Morgan fingerprint density at radius 3 is 1.00 bits per heavy atom. The molecule has 0 saturated heterocycles. The van der Waals surface area contributed by atoms with Crippen molar-refractivity contribution in [1.82, 2.24) is 18.1 Å². The van der Waals surface area contributed by atoms with Crippen molar-refractivity contribution >= 4 is 40.1 Å². The fourth-order valence-corrected chi connectivity index (χ4v) is 5.49. The van der Waals surface area contributed by atoms with E-state index in [1.807, 2.05) is 0 Å². The smallest absolute Gasteiger partial charge is 0.359 e. The molecule has 242 valence electrons. The maximum absolute atomic E-state index is 11.5. The molecule has 0 spiro atoms. The van der Waals surface area contributed by atoms with Crippen LogP contribution in [0, 0.1) is 0 Å². The molecular weight excluding hydrogens is 684 g/mol. The van der Waals surface area contributed by atoms with Gasteiger partial charge in [-0.15, -0.1) is 0 Å². The summed E-state index contributed by atoms with van der Waals surface area (Å²) < 4.78 is 217. The molecule has 2 N–H and O–H groups in total. The molecule has 1 heterocycles. The van der Waals surface area contributed by atoms with Crippen LogP contribution >= 0.6 is 0 Å². The first-order valence-electron chi connectivity index (χ1n) is 9.15. The number of hydrogen-bond acceptors (Lipinski definition) is 10. The number of sulfonamides is 4. The molecule has 1 atom stereocenters. The first-order chi connectivity index (χ1) is 17.2. The molecule has 28 heteroatoms. The van der Waals surface area contributed by atoms with Crippen molar-refractivity contribution in [2.24, 2.45) is 0 Å². The molecule has 1 aliphatic heterocycles. The maximum Gasteiger partial charge on any atom is 0.512 e. The van der Waals surface area contributed by atoms with Crippen LogP contribution in [0.5, 0.6) is 0 Å². The van der Waals surface area contributed by atoms with E-state index in [1.54, 1.807) is 0 Å². The summed E-state index contributed by atoms with van der Waals surface area (Å²) in [7, 11) is -24.3. The third-order valence-corrected chi connectivity index (χ3v) is 9.65. The van der Waals surface area contributed by atoms with Crippen LogP contribution in [-0.4, -0.2) is 85.3 Å². The van der Waals surface area contributed by atoms with Crippen molar-refractivity contribution in [2.75, 3.05) is 13.6 Å². The van der Waals surface area contributed by atoms with Gasteiger partial charge < -0.3 is 9.80 Å². The number of nitrogens with zero attached hydrogens (tertiary/aromatic N) is 2. The number of alkyl halides is 12. The first kappa shape index (κ1) is 40.4. The number of hydrogen-bond donors (Lipinski definition) is 2. The standard InChI is InChI=1S/C8H16N2.2C2HF6NO4S2/c1-4-5-10-7-6-9(3)8(10)2;2*3-1(4,5)14(10,11)9-15(12,13)2(6,7)8/h6-8H,4-5H2,1-3H3;2*9H. The molecule has 0 fully saturated rings. The number of nitrogens with one attached hydrogen (secondary N) is 2. The lowest BCUT2D eigenvalue weighted by Crippen LogP contribution is -2.45. The molecule has 0 radical (unpaired) electrons. The van der Waals surface area contributed by atoms with E-state index in [1.165, 1.54) is 13.0 Å². The van der Waals surface area contributed by atoms with Crippen molar-refractivity contribution in [2.45, 2.75) is 48.5 Å². The molecule has 1 unspecified atom stereocenters. The van der Waals surface area contributed by atoms with Crippen LogP contribution in [-0.2, 0) is 40.1 Å². The van der Waals surface area contributed by atoms with Crippen LogP contribution < -0.4 is 8.25 Å². The van der Waals surface area contributed by atoms with Gasteiger partial charge in [0.25, 0.3) is 0 Å². The van der Waals surface area contributed by atoms with E-state index >= 15 is 0 Å². The molecule has 1 aliphatic rings. The van der Waals surface area contributed by atoms with E-state index in [0.29, 0.717) is 6.17 Å². The number of rotatable bonds is 6. The average molecular weight is 703 g/mol. The molecule has 0 aromatic carbocycles. The fourth-order valence-electron chi connectivity index (χ4n) is 1.67. The van der Waals surface area contributed by atoms with Gasteiger partial charge in [-0.1, -0.05) is 15.2 Å². The normalized spacial score (nSPS) is 17.6. The quantitative estimate of drug-likeness (QED) is 0.391. The van der Waals surface area contributed by atoms with Gasteiger partial charge >= 0.3 is 62.1 Å². The zero-order valence-electron chi connectivity index (χ0n) is 19.5. The van der Waals surface area contributed by atoms with Crippen molar-refractivity contribution < 1.29 is 86.4 Å². The van der Waals surface area contributed by atoms with Gasteiger partial charge in [0.2, 0.25) is 0 Å². The fraction of sp³-hybridized carbons (Fsp3) is 0.833. The van der Waals surface area contributed by atoms with E-state index in [9.17, 15) is 86.4 Å². The van der Waals surface area contributed by atoms with Crippen LogP contribution in [0.25, 0.3) is 0 Å². The first-order valence-corrected chi connectivity index (χ1v) is 15.1. The number of halogens is 12. The van der Waals surface area contributed by atoms with E-state index in [4.69, 9.17) is 0 Å². The van der Waals surface area contributed by atoms with E-state index in [2.05, 4.69) is 43.1 Å². The Bertz CT molecular complexity index is 1130. The van der Waals surface area contributed by atoms with Crippen LogP contribution in [0.2, 0.25) is 0 Å². The summed E-state index contributed by atoms with van der Waals surface area (Å²) in [5.74, 6) is 0. The van der Waals surface area contributed by atoms with Gasteiger partial charge in [-0.2, -0.15) is 52.7 Å². The Morgan fingerprint density at radius 1 is 0.600 bits per heavy atom. The predicted molar refractivity (Wildman–Crippen MR) is 110 cm³/mol. The minimum atomic E-state index is -6.60. The second-order valence-corrected chi connectivity index (χ2v) is 14.0. The van der Waals surface area contributed by atoms with Gasteiger partial charge in [0.15, 0.2) is 0 Å². The summed E-state index contributed by atoms with van der Waals surface area (Å²) in [6.45, 7) is 5.59. The summed E-state index contributed by atoms with van der Waals surface area (Å²) in [6.07, 6.45) is 6.07. The zero-order chi connectivity index (χ0) is 33.0. The molecule has 40 heavy (non-hydrogen) atoms. The molecule has 1 rings (SSSR count). The Balaban J connectivity index is 0. The summed E-state index contributed by atoms with van der Waals surface area (Å²) in [6, 6.07) is 0. The summed E-state index contributed by atoms with van der Waals surface area (Å²) >= 11 is 0. The SMILES string of the molecule is CCCN1C=CN(C)C1C.O=S(=O)(NS(=O)(=O)C(F)(F)F)C(F)(F)F.O=S(=O)(NS(=O)(=O)C(F)(F)F)C(F)(F)F. The minimum absolute atomic E-state index is 0.493. The Morgan fingerprint density at radius 2 is 0.850 bits per heavy atom. The lowest BCUT2D eigenvalue weighted by Gasteiger charge is -2.26. The van der Waals surface area contributed by atoms with Gasteiger partial charge in [0.1, 0.15) is 0 Å². The highest BCUT2D eigenvalue weighted by Crippen LogP contribution is 2.28. The second-order valence-electron chi connectivity index (χ2n) is 6.80. The van der Waals surface area contributed by atoms with Gasteiger partial charge in [0.05, 0.1) is 6.17 Å². The van der Waals surface area contributed by atoms with Gasteiger partial charge in [-0.3, -0.25) is 0 Å². The molecule has 0 aliphatic carbocycles. The average Bonchev–Trinajstić information content (AvgIpc) is 2.96. The van der Waals surface area contributed by atoms with Crippen molar-refractivity contribution in [3.05, 3.63) is 12.4 Å². The maximum atomic E-state index is 11.5. The lowest BCUT2D eigenvalue weighted by atomic mass is 10.4. The molecular formula is C12H18F12N4O8S4. The Labute approximate surface area is 219 Å². The van der Waals surface area contributed by atoms with E-state index in [-0.39, 0.29) is 0 Å². The highest BCUT2D eigenvalue weighted by atomic mass is 32.3. The monoisotopic (exact) mass is 702 g/mol. The molecule has 12 nitrogen and oxygen atoms in total. The minimum Gasteiger partial charge on any atom is -0.359 e. The van der Waals surface area contributed by atoms with Crippen molar-refractivity contribution in [1.29, 1.82) is 0 Å². The van der Waals surface area contributed by atoms with Crippen LogP contribution in [0.1, 0.15) is 20.3 Å².